The van der Waals surface area contributed by atoms with Crippen molar-refractivity contribution in [2.24, 2.45) is 0 Å². The average Bonchev–Trinajstić information content (AvgIpc) is 3.09. The van der Waals surface area contributed by atoms with Gasteiger partial charge in [0.25, 0.3) is 5.69 Å². The summed E-state index contributed by atoms with van der Waals surface area (Å²) in [6, 6.07) is 5.25. The highest BCUT2D eigenvalue weighted by Crippen LogP contribution is 2.31. The molecule has 1 aliphatic heterocycles. The second kappa shape index (κ2) is 6.10. The fourth-order valence-corrected chi connectivity index (χ4v) is 2.73. The zero-order valence-electron chi connectivity index (χ0n) is 12.4. The Hall–Kier alpha value is -2.48. The minimum atomic E-state index is -0.324. The van der Waals surface area contributed by atoms with Gasteiger partial charge >= 0.3 is 0 Å². The van der Waals surface area contributed by atoms with Gasteiger partial charge in [0.05, 0.1) is 10.6 Å². The number of piperazine rings is 1. The van der Waals surface area contributed by atoms with Gasteiger partial charge in [-0.25, -0.2) is 0 Å². The van der Waals surface area contributed by atoms with Crippen molar-refractivity contribution >= 4 is 11.4 Å². The van der Waals surface area contributed by atoms with E-state index < -0.39 is 0 Å². The van der Waals surface area contributed by atoms with Crippen LogP contribution in [0.3, 0.4) is 0 Å². The molecule has 1 fully saturated rings. The normalized spacial score (nSPS) is 16.0. The Labute approximate surface area is 128 Å². The molecule has 3 rings (SSSR count). The molecule has 0 saturated carbocycles. The maximum atomic E-state index is 11.4. The molecule has 1 saturated heterocycles. The number of likely N-dealkylation sites (N-methyl/N-ethyl adjacent to an activating group) is 1. The summed E-state index contributed by atoms with van der Waals surface area (Å²) in [7, 11) is 0. The second-order valence-electron chi connectivity index (χ2n) is 5.22. The third-order valence-corrected chi connectivity index (χ3v) is 4.03. The average molecular weight is 302 g/mol. The molecule has 0 amide bonds. The first-order valence-electron chi connectivity index (χ1n) is 7.30. The zero-order chi connectivity index (χ0) is 15.5. The molecule has 116 valence electrons. The molecule has 0 N–H and O–H groups in total. The number of benzene rings is 1. The standard InChI is InChI=1S/C14H18N6O2/c1-2-17-5-7-18(8-6-17)13-4-3-12(9-14(13)20(21)22)19-10-15-16-11-19/h3-4,9-11H,2,5-8H2,1H3. The van der Waals surface area contributed by atoms with Gasteiger partial charge in [0, 0.05) is 32.2 Å². The molecule has 0 bridgehead atoms. The monoisotopic (exact) mass is 302 g/mol. The highest BCUT2D eigenvalue weighted by molar-refractivity contribution is 5.66. The van der Waals surface area contributed by atoms with Crippen molar-refractivity contribution in [3.05, 3.63) is 41.0 Å². The van der Waals surface area contributed by atoms with E-state index >= 15 is 0 Å². The molecule has 0 aliphatic carbocycles. The molecule has 1 aromatic heterocycles. The Bertz CT molecular complexity index is 649. The highest BCUT2D eigenvalue weighted by atomic mass is 16.6. The molecule has 2 aromatic rings. The van der Waals surface area contributed by atoms with Crippen molar-refractivity contribution in [2.75, 3.05) is 37.6 Å². The number of hydrogen-bond donors (Lipinski definition) is 0. The third kappa shape index (κ3) is 2.77. The summed E-state index contributed by atoms with van der Waals surface area (Å²) in [5.74, 6) is 0. The summed E-state index contributed by atoms with van der Waals surface area (Å²) < 4.78 is 1.66. The van der Waals surface area contributed by atoms with E-state index in [-0.39, 0.29) is 10.6 Å². The molecule has 1 aromatic carbocycles. The lowest BCUT2D eigenvalue weighted by molar-refractivity contribution is -0.384. The van der Waals surface area contributed by atoms with Crippen molar-refractivity contribution in [3.8, 4) is 5.69 Å². The molecule has 2 heterocycles. The van der Waals surface area contributed by atoms with E-state index in [2.05, 4.69) is 26.9 Å². The Balaban J connectivity index is 1.90. The van der Waals surface area contributed by atoms with Gasteiger partial charge in [0.1, 0.15) is 18.3 Å². The molecule has 1 aliphatic rings. The van der Waals surface area contributed by atoms with Crippen LogP contribution in [0, 0.1) is 10.1 Å². The van der Waals surface area contributed by atoms with E-state index in [9.17, 15) is 10.1 Å². The van der Waals surface area contributed by atoms with Crippen LogP contribution in [0.2, 0.25) is 0 Å². The van der Waals surface area contributed by atoms with Crippen LogP contribution in [-0.2, 0) is 0 Å². The number of nitro groups is 1. The SMILES string of the molecule is CCN1CCN(c2ccc(-n3cnnc3)cc2[N+](=O)[O-])CC1. The maximum Gasteiger partial charge on any atom is 0.294 e. The van der Waals surface area contributed by atoms with Gasteiger partial charge in [0.2, 0.25) is 0 Å². The molecule has 0 atom stereocenters. The molecule has 22 heavy (non-hydrogen) atoms. The van der Waals surface area contributed by atoms with E-state index in [0.717, 1.165) is 32.7 Å². The molecule has 8 heteroatoms. The van der Waals surface area contributed by atoms with Crippen LogP contribution in [0.1, 0.15) is 6.92 Å². The van der Waals surface area contributed by atoms with E-state index in [1.54, 1.807) is 10.6 Å². The topological polar surface area (TPSA) is 80.3 Å². The van der Waals surface area contributed by atoms with E-state index in [4.69, 9.17) is 0 Å². The Morgan fingerprint density at radius 1 is 1.18 bits per heavy atom. The first-order valence-corrected chi connectivity index (χ1v) is 7.30. The van der Waals surface area contributed by atoms with Gasteiger partial charge in [-0.15, -0.1) is 10.2 Å². The van der Waals surface area contributed by atoms with Crippen LogP contribution in [-0.4, -0.2) is 57.3 Å². The summed E-state index contributed by atoms with van der Waals surface area (Å²) in [6.07, 6.45) is 3.05. The van der Waals surface area contributed by atoms with Crippen LogP contribution < -0.4 is 4.90 Å². The summed E-state index contributed by atoms with van der Waals surface area (Å²) in [5, 5.41) is 18.9. The minimum Gasteiger partial charge on any atom is -0.363 e. The third-order valence-electron chi connectivity index (χ3n) is 4.03. The van der Waals surface area contributed by atoms with Crippen LogP contribution >= 0.6 is 0 Å². The molecule has 0 radical (unpaired) electrons. The first-order chi connectivity index (χ1) is 10.7. The number of nitrogens with zero attached hydrogens (tertiary/aromatic N) is 6. The van der Waals surface area contributed by atoms with Crippen molar-refractivity contribution in [3.63, 3.8) is 0 Å². The molecular formula is C14H18N6O2. The summed E-state index contributed by atoms with van der Waals surface area (Å²) in [5.41, 5.74) is 1.49. The van der Waals surface area contributed by atoms with Gasteiger partial charge in [-0.3, -0.25) is 14.7 Å². The van der Waals surface area contributed by atoms with E-state index in [1.807, 2.05) is 12.1 Å². The van der Waals surface area contributed by atoms with Gasteiger partial charge in [-0.2, -0.15) is 0 Å². The van der Waals surface area contributed by atoms with Gasteiger partial charge in [-0.05, 0) is 18.7 Å². The van der Waals surface area contributed by atoms with Crippen molar-refractivity contribution in [2.45, 2.75) is 6.92 Å². The Morgan fingerprint density at radius 3 is 2.45 bits per heavy atom. The lowest BCUT2D eigenvalue weighted by atomic mass is 10.2. The number of nitro benzene ring substituents is 1. The molecule has 8 nitrogen and oxygen atoms in total. The number of hydrogen-bond acceptors (Lipinski definition) is 6. The lowest BCUT2D eigenvalue weighted by Crippen LogP contribution is -2.46. The van der Waals surface area contributed by atoms with Crippen molar-refractivity contribution in [1.29, 1.82) is 0 Å². The van der Waals surface area contributed by atoms with E-state index in [1.165, 1.54) is 12.7 Å². The van der Waals surface area contributed by atoms with Gasteiger partial charge in [0.15, 0.2) is 0 Å². The second-order valence-corrected chi connectivity index (χ2v) is 5.22. The molecule has 0 spiro atoms. The Kier molecular flexibility index (Phi) is 4.01. The zero-order valence-corrected chi connectivity index (χ0v) is 12.4. The molecule has 0 unspecified atom stereocenters. The minimum absolute atomic E-state index is 0.121. The lowest BCUT2D eigenvalue weighted by Gasteiger charge is -2.35. The van der Waals surface area contributed by atoms with Crippen LogP contribution in [0.4, 0.5) is 11.4 Å². The van der Waals surface area contributed by atoms with Crippen LogP contribution in [0.25, 0.3) is 5.69 Å². The largest absolute Gasteiger partial charge is 0.363 e. The highest BCUT2D eigenvalue weighted by Gasteiger charge is 2.23. The Morgan fingerprint density at radius 2 is 1.86 bits per heavy atom. The quantitative estimate of drug-likeness (QED) is 0.626. The van der Waals surface area contributed by atoms with Crippen LogP contribution in [0.15, 0.2) is 30.9 Å². The summed E-state index contributed by atoms with van der Waals surface area (Å²) in [6.45, 7) is 6.62. The smallest absolute Gasteiger partial charge is 0.294 e. The predicted molar refractivity (Wildman–Crippen MR) is 82.3 cm³/mol. The van der Waals surface area contributed by atoms with Crippen LogP contribution in [0.5, 0.6) is 0 Å². The number of aromatic nitrogens is 3. The van der Waals surface area contributed by atoms with Gasteiger partial charge in [-0.1, -0.05) is 6.92 Å². The summed E-state index contributed by atoms with van der Waals surface area (Å²) >= 11 is 0. The number of anilines is 1. The summed E-state index contributed by atoms with van der Waals surface area (Å²) in [4.78, 5) is 15.5. The number of rotatable bonds is 4. The predicted octanol–water partition coefficient (Wildman–Crippen LogP) is 1.32. The maximum absolute atomic E-state index is 11.4. The fraction of sp³-hybridized carbons (Fsp3) is 0.429. The molecular weight excluding hydrogens is 284 g/mol. The fourth-order valence-electron chi connectivity index (χ4n) is 2.73. The van der Waals surface area contributed by atoms with Gasteiger partial charge < -0.3 is 9.80 Å². The van der Waals surface area contributed by atoms with Crippen molar-refractivity contribution < 1.29 is 4.92 Å². The van der Waals surface area contributed by atoms with Crippen molar-refractivity contribution in [1.82, 2.24) is 19.7 Å². The first kappa shape index (κ1) is 14.5. The van der Waals surface area contributed by atoms with E-state index in [0.29, 0.717) is 11.4 Å².